The Morgan fingerprint density at radius 2 is 2.12 bits per heavy atom. The Morgan fingerprint density at radius 1 is 1.29 bits per heavy atom. The normalized spacial score (nSPS) is 10.8. The Hall–Kier alpha value is -1.03. The summed E-state index contributed by atoms with van der Waals surface area (Å²) in [6.07, 6.45) is 4.40. The standard InChI is InChI=1S/C12H13Cl2N3/c13-10-2-1-9(12(14)5-10)3-4-17-8-16-7-11(17)6-15/h1-2,5,7-8H,3-4,6,15H2. The van der Waals surface area contributed by atoms with E-state index in [9.17, 15) is 0 Å². The van der Waals surface area contributed by atoms with Crippen molar-refractivity contribution in [2.24, 2.45) is 5.73 Å². The zero-order valence-corrected chi connectivity index (χ0v) is 10.7. The summed E-state index contributed by atoms with van der Waals surface area (Å²) in [5.41, 5.74) is 7.71. The Balaban J connectivity index is 2.07. The molecule has 2 rings (SSSR count). The zero-order chi connectivity index (χ0) is 12.3. The van der Waals surface area contributed by atoms with Crippen LogP contribution < -0.4 is 5.73 Å². The van der Waals surface area contributed by atoms with Crippen LogP contribution >= 0.6 is 23.2 Å². The molecule has 0 aliphatic carbocycles. The largest absolute Gasteiger partial charge is 0.333 e. The second kappa shape index (κ2) is 5.54. The number of imidazole rings is 1. The van der Waals surface area contributed by atoms with E-state index in [-0.39, 0.29) is 0 Å². The fourth-order valence-corrected chi connectivity index (χ4v) is 2.19. The molecule has 5 heteroatoms. The van der Waals surface area contributed by atoms with Gasteiger partial charge in [-0.3, -0.25) is 0 Å². The fourth-order valence-electron chi connectivity index (χ4n) is 1.68. The molecule has 0 saturated carbocycles. The average molecular weight is 270 g/mol. The summed E-state index contributed by atoms with van der Waals surface area (Å²) in [6, 6.07) is 5.56. The number of nitrogens with two attached hydrogens (primary N) is 1. The molecule has 0 atom stereocenters. The molecule has 2 aromatic rings. The number of aromatic nitrogens is 2. The van der Waals surface area contributed by atoms with Crippen LogP contribution in [0, 0.1) is 0 Å². The number of nitrogens with zero attached hydrogens (tertiary/aromatic N) is 2. The minimum atomic E-state index is 0.494. The van der Waals surface area contributed by atoms with Gasteiger partial charge >= 0.3 is 0 Å². The van der Waals surface area contributed by atoms with E-state index in [0.29, 0.717) is 16.6 Å². The maximum atomic E-state index is 6.11. The van der Waals surface area contributed by atoms with E-state index in [1.807, 2.05) is 16.7 Å². The van der Waals surface area contributed by atoms with E-state index < -0.39 is 0 Å². The van der Waals surface area contributed by atoms with Crippen LogP contribution in [0.2, 0.25) is 10.0 Å². The molecule has 0 aliphatic heterocycles. The van der Waals surface area contributed by atoms with Crippen LogP contribution in [0.1, 0.15) is 11.3 Å². The van der Waals surface area contributed by atoms with E-state index in [4.69, 9.17) is 28.9 Å². The van der Waals surface area contributed by atoms with Gasteiger partial charge in [0.1, 0.15) is 0 Å². The van der Waals surface area contributed by atoms with Crippen molar-refractivity contribution < 1.29 is 0 Å². The predicted octanol–water partition coefficient (Wildman–Crippen LogP) is 2.89. The van der Waals surface area contributed by atoms with E-state index in [1.54, 1.807) is 18.6 Å². The summed E-state index contributed by atoms with van der Waals surface area (Å²) < 4.78 is 2.03. The lowest BCUT2D eigenvalue weighted by atomic mass is 10.1. The van der Waals surface area contributed by atoms with Gasteiger partial charge in [0.15, 0.2) is 0 Å². The molecule has 0 spiro atoms. The molecule has 0 aliphatic rings. The monoisotopic (exact) mass is 269 g/mol. The van der Waals surface area contributed by atoms with Gasteiger partial charge in [-0.25, -0.2) is 4.98 Å². The van der Waals surface area contributed by atoms with E-state index in [2.05, 4.69) is 4.98 Å². The molecule has 0 amide bonds. The summed E-state index contributed by atoms with van der Waals surface area (Å²) in [5, 5.41) is 1.36. The third kappa shape index (κ3) is 3.00. The predicted molar refractivity (Wildman–Crippen MR) is 70.3 cm³/mol. The third-order valence-corrected chi connectivity index (χ3v) is 3.23. The van der Waals surface area contributed by atoms with E-state index in [0.717, 1.165) is 24.2 Å². The topological polar surface area (TPSA) is 43.8 Å². The molecule has 0 unspecified atom stereocenters. The summed E-state index contributed by atoms with van der Waals surface area (Å²) in [6.45, 7) is 1.31. The van der Waals surface area contributed by atoms with Gasteiger partial charge in [0.2, 0.25) is 0 Å². The van der Waals surface area contributed by atoms with E-state index in [1.165, 1.54) is 0 Å². The van der Waals surface area contributed by atoms with Crippen molar-refractivity contribution in [2.45, 2.75) is 19.5 Å². The maximum absolute atomic E-state index is 6.11. The van der Waals surface area contributed by atoms with Crippen molar-refractivity contribution in [3.05, 3.63) is 52.0 Å². The molecular formula is C12H13Cl2N3. The molecule has 0 bridgehead atoms. The third-order valence-electron chi connectivity index (χ3n) is 2.64. The summed E-state index contributed by atoms with van der Waals surface area (Å²) in [5.74, 6) is 0. The minimum absolute atomic E-state index is 0.494. The van der Waals surface area contributed by atoms with Crippen LogP contribution in [0.15, 0.2) is 30.7 Å². The average Bonchev–Trinajstić information content (AvgIpc) is 2.75. The first-order valence-electron chi connectivity index (χ1n) is 5.33. The van der Waals surface area contributed by atoms with Gasteiger partial charge in [0.05, 0.1) is 12.0 Å². The van der Waals surface area contributed by atoms with Crippen molar-refractivity contribution in [1.82, 2.24) is 9.55 Å². The fraction of sp³-hybridized carbons (Fsp3) is 0.250. The Kier molecular flexibility index (Phi) is 4.05. The smallest absolute Gasteiger partial charge is 0.0948 e. The first-order chi connectivity index (χ1) is 8.20. The molecule has 0 radical (unpaired) electrons. The highest BCUT2D eigenvalue weighted by Crippen LogP contribution is 2.21. The van der Waals surface area contributed by atoms with Gasteiger partial charge in [-0.15, -0.1) is 0 Å². The second-order valence-corrected chi connectivity index (χ2v) is 4.61. The molecule has 3 nitrogen and oxygen atoms in total. The lowest BCUT2D eigenvalue weighted by Crippen LogP contribution is -2.08. The summed E-state index contributed by atoms with van der Waals surface area (Å²) in [4.78, 5) is 4.07. The molecule has 90 valence electrons. The summed E-state index contributed by atoms with van der Waals surface area (Å²) >= 11 is 12.0. The first-order valence-corrected chi connectivity index (χ1v) is 6.09. The molecule has 17 heavy (non-hydrogen) atoms. The number of hydrogen-bond donors (Lipinski definition) is 1. The molecule has 0 fully saturated rings. The Morgan fingerprint density at radius 3 is 2.82 bits per heavy atom. The van der Waals surface area contributed by atoms with Crippen molar-refractivity contribution in [3.8, 4) is 0 Å². The summed E-state index contributed by atoms with van der Waals surface area (Å²) in [7, 11) is 0. The minimum Gasteiger partial charge on any atom is -0.333 e. The SMILES string of the molecule is NCc1cncn1CCc1ccc(Cl)cc1Cl. The zero-order valence-electron chi connectivity index (χ0n) is 9.24. The van der Waals surface area contributed by atoms with Crippen LogP contribution in [0.4, 0.5) is 0 Å². The number of rotatable bonds is 4. The van der Waals surface area contributed by atoms with Crippen molar-refractivity contribution >= 4 is 23.2 Å². The lowest BCUT2D eigenvalue weighted by molar-refractivity contribution is 0.661. The van der Waals surface area contributed by atoms with Crippen LogP contribution in [0.25, 0.3) is 0 Å². The quantitative estimate of drug-likeness (QED) is 0.928. The van der Waals surface area contributed by atoms with Crippen LogP contribution in [0.5, 0.6) is 0 Å². The van der Waals surface area contributed by atoms with Gasteiger partial charge in [-0.2, -0.15) is 0 Å². The number of halogens is 2. The Labute approximate surface area is 110 Å². The van der Waals surface area contributed by atoms with Crippen LogP contribution in [-0.4, -0.2) is 9.55 Å². The van der Waals surface area contributed by atoms with Crippen molar-refractivity contribution in [1.29, 1.82) is 0 Å². The maximum Gasteiger partial charge on any atom is 0.0948 e. The van der Waals surface area contributed by atoms with Crippen LogP contribution in [-0.2, 0) is 19.5 Å². The molecule has 1 heterocycles. The first kappa shape index (κ1) is 12.4. The number of benzene rings is 1. The number of aryl methyl sites for hydroxylation is 2. The lowest BCUT2D eigenvalue weighted by Gasteiger charge is -2.08. The highest BCUT2D eigenvalue weighted by atomic mass is 35.5. The molecular weight excluding hydrogens is 257 g/mol. The molecule has 2 N–H and O–H groups in total. The van der Waals surface area contributed by atoms with E-state index >= 15 is 0 Å². The second-order valence-electron chi connectivity index (χ2n) is 3.77. The highest BCUT2D eigenvalue weighted by molar-refractivity contribution is 6.35. The van der Waals surface area contributed by atoms with Crippen LogP contribution in [0.3, 0.4) is 0 Å². The molecule has 1 aromatic carbocycles. The van der Waals surface area contributed by atoms with Gasteiger partial charge in [-0.05, 0) is 24.1 Å². The van der Waals surface area contributed by atoms with Crippen molar-refractivity contribution in [2.75, 3.05) is 0 Å². The molecule has 1 aromatic heterocycles. The highest BCUT2D eigenvalue weighted by Gasteiger charge is 2.04. The van der Waals surface area contributed by atoms with Gasteiger partial charge < -0.3 is 10.3 Å². The number of hydrogen-bond acceptors (Lipinski definition) is 2. The van der Waals surface area contributed by atoms with Crippen molar-refractivity contribution in [3.63, 3.8) is 0 Å². The van der Waals surface area contributed by atoms with Gasteiger partial charge in [-0.1, -0.05) is 29.3 Å². The Bertz CT molecular complexity index is 508. The van der Waals surface area contributed by atoms with Gasteiger partial charge in [0.25, 0.3) is 0 Å². The molecule has 0 saturated heterocycles. The van der Waals surface area contributed by atoms with Gasteiger partial charge in [0, 0.05) is 29.3 Å².